The predicted octanol–water partition coefficient (Wildman–Crippen LogP) is 3.40. The maximum atomic E-state index is 12.0. The van der Waals surface area contributed by atoms with E-state index in [1.807, 2.05) is 11.4 Å². The first-order valence-corrected chi connectivity index (χ1v) is 7.98. The van der Waals surface area contributed by atoms with Crippen LogP contribution in [0.4, 0.5) is 0 Å². The van der Waals surface area contributed by atoms with Crippen molar-refractivity contribution in [1.29, 1.82) is 0 Å². The summed E-state index contributed by atoms with van der Waals surface area (Å²) in [5, 5.41) is 2.21. The second-order valence-electron chi connectivity index (χ2n) is 3.69. The summed E-state index contributed by atoms with van der Waals surface area (Å²) >= 11 is 7.34. The molecule has 0 spiro atoms. The van der Waals surface area contributed by atoms with Crippen LogP contribution < -0.4 is 4.74 Å². The number of halogens is 1. The summed E-state index contributed by atoms with van der Waals surface area (Å²) in [6.07, 6.45) is 0. The van der Waals surface area contributed by atoms with E-state index >= 15 is 0 Å². The van der Waals surface area contributed by atoms with Gasteiger partial charge in [-0.2, -0.15) is 0 Å². The lowest BCUT2D eigenvalue weighted by Gasteiger charge is -2.05. The van der Waals surface area contributed by atoms with Gasteiger partial charge in [0.15, 0.2) is 5.78 Å². The van der Waals surface area contributed by atoms with Gasteiger partial charge in [-0.25, -0.2) is 0 Å². The van der Waals surface area contributed by atoms with E-state index < -0.39 is 10.8 Å². The zero-order chi connectivity index (χ0) is 13.8. The topological polar surface area (TPSA) is 43.4 Å². The lowest BCUT2D eigenvalue weighted by atomic mass is 10.1. The molecule has 0 amide bonds. The third kappa shape index (κ3) is 3.43. The van der Waals surface area contributed by atoms with E-state index in [1.54, 1.807) is 18.2 Å². The van der Waals surface area contributed by atoms with E-state index in [0.717, 1.165) is 0 Å². The molecular formula is C13H11ClO3S2. The molecule has 6 heteroatoms. The van der Waals surface area contributed by atoms with Gasteiger partial charge in [0, 0.05) is 5.56 Å². The normalized spacial score (nSPS) is 12.1. The molecule has 0 radical (unpaired) electrons. The van der Waals surface area contributed by atoms with Gasteiger partial charge in [0.05, 0.1) is 32.9 Å². The Bertz CT molecular complexity index is 608. The first-order chi connectivity index (χ1) is 9.11. The molecule has 0 aliphatic heterocycles. The Hall–Kier alpha value is -1.17. The van der Waals surface area contributed by atoms with Crippen molar-refractivity contribution in [2.45, 2.75) is 4.21 Å². The Balaban J connectivity index is 2.12. The van der Waals surface area contributed by atoms with Crippen molar-refractivity contribution in [3.8, 4) is 5.75 Å². The van der Waals surface area contributed by atoms with Gasteiger partial charge in [-0.3, -0.25) is 9.00 Å². The molecule has 1 heterocycles. The van der Waals surface area contributed by atoms with Crippen molar-refractivity contribution >= 4 is 39.5 Å². The molecule has 1 aromatic heterocycles. The third-order valence-electron chi connectivity index (χ3n) is 2.46. The van der Waals surface area contributed by atoms with Crippen LogP contribution in [-0.2, 0) is 10.8 Å². The van der Waals surface area contributed by atoms with Crippen molar-refractivity contribution < 1.29 is 13.7 Å². The number of carbonyl (C=O) groups is 1. The first kappa shape index (κ1) is 14.2. The fourth-order valence-electron chi connectivity index (χ4n) is 1.51. The van der Waals surface area contributed by atoms with Crippen molar-refractivity contribution in [3.63, 3.8) is 0 Å². The number of benzene rings is 1. The molecule has 0 saturated carbocycles. The van der Waals surface area contributed by atoms with Crippen LogP contribution in [0.3, 0.4) is 0 Å². The Morgan fingerprint density at radius 2 is 2.21 bits per heavy atom. The van der Waals surface area contributed by atoms with E-state index in [-0.39, 0.29) is 11.5 Å². The first-order valence-electron chi connectivity index (χ1n) is 5.40. The molecule has 2 rings (SSSR count). The van der Waals surface area contributed by atoms with Gasteiger partial charge in [-0.05, 0) is 29.6 Å². The quantitative estimate of drug-likeness (QED) is 0.794. The molecule has 1 atom stereocenters. The summed E-state index contributed by atoms with van der Waals surface area (Å²) in [7, 11) is 0.207. The zero-order valence-corrected chi connectivity index (χ0v) is 12.5. The molecule has 100 valence electrons. The molecule has 0 bridgehead atoms. The molecule has 2 aromatic rings. The number of carbonyl (C=O) groups excluding carboxylic acids is 1. The largest absolute Gasteiger partial charge is 0.495 e. The van der Waals surface area contributed by atoms with Gasteiger partial charge in [0.25, 0.3) is 0 Å². The molecule has 1 unspecified atom stereocenters. The van der Waals surface area contributed by atoms with Gasteiger partial charge in [-0.15, -0.1) is 11.3 Å². The average molecular weight is 315 g/mol. The third-order valence-corrected chi connectivity index (χ3v) is 5.37. The minimum absolute atomic E-state index is 0.0385. The van der Waals surface area contributed by atoms with E-state index in [2.05, 4.69) is 0 Å². The maximum Gasteiger partial charge on any atom is 0.175 e. The highest BCUT2D eigenvalue weighted by Gasteiger charge is 2.14. The van der Waals surface area contributed by atoms with Gasteiger partial charge < -0.3 is 4.74 Å². The summed E-state index contributed by atoms with van der Waals surface area (Å²) in [5.74, 6) is 0.275. The molecule has 1 aromatic carbocycles. The van der Waals surface area contributed by atoms with Crippen LogP contribution in [0.2, 0.25) is 5.02 Å². The van der Waals surface area contributed by atoms with E-state index in [0.29, 0.717) is 20.5 Å². The van der Waals surface area contributed by atoms with Crippen LogP contribution in [0.1, 0.15) is 10.4 Å². The fraction of sp³-hybridized carbons (Fsp3) is 0.154. The van der Waals surface area contributed by atoms with Crippen LogP contribution in [0.25, 0.3) is 0 Å². The summed E-state index contributed by atoms with van der Waals surface area (Å²) in [6, 6.07) is 8.36. The Kier molecular flexibility index (Phi) is 4.74. The van der Waals surface area contributed by atoms with Crippen molar-refractivity contribution in [3.05, 3.63) is 46.3 Å². The maximum absolute atomic E-state index is 12.0. The second-order valence-corrected chi connectivity index (χ2v) is 6.73. The number of hydrogen-bond donors (Lipinski definition) is 0. The number of ketones is 1. The number of hydrogen-bond acceptors (Lipinski definition) is 4. The monoisotopic (exact) mass is 314 g/mol. The zero-order valence-electron chi connectivity index (χ0n) is 10.1. The summed E-state index contributed by atoms with van der Waals surface area (Å²) in [5.41, 5.74) is 0.440. The molecule has 19 heavy (non-hydrogen) atoms. The Labute approximate surface area is 122 Å². The van der Waals surface area contributed by atoms with Crippen LogP contribution in [-0.4, -0.2) is 22.9 Å². The highest BCUT2D eigenvalue weighted by molar-refractivity contribution is 7.88. The van der Waals surface area contributed by atoms with E-state index in [4.69, 9.17) is 16.3 Å². The van der Waals surface area contributed by atoms with Crippen LogP contribution in [0, 0.1) is 0 Å². The van der Waals surface area contributed by atoms with Gasteiger partial charge in [-0.1, -0.05) is 17.7 Å². The summed E-state index contributed by atoms with van der Waals surface area (Å²) in [4.78, 5) is 12.0. The minimum Gasteiger partial charge on any atom is -0.495 e. The lowest BCUT2D eigenvalue weighted by molar-refractivity contribution is 0.102. The van der Waals surface area contributed by atoms with Crippen molar-refractivity contribution in [2.75, 3.05) is 12.9 Å². The Morgan fingerprint density at radius 3 is 2.79 bits per heavy atom. The standard InChI is InChI=1S/C13H11ClO3S2/c1-17-12-5-4-9(7-10(12)14)11(15)8-19(16)13-3-2-6-18-13/h2-7H,8H2,1H3. The summed E-state index contributed by atoms with van der Waals surface area (Å²) in [6.45, 7) is 0. The highest BCUT2D eigenvalue weighted by atomic mass is 35.5. The minimum atomic E-state index is -1.30. The number of thiophene rings is 1. The molecule has 0 fully saturated rings. The highest BCUT2D eigenvalue weighted by Crippen LogP contribution is 2.25. The smallest absolute Gasteiger partial charge is 0.175 e. The molecule has 0 aliphatic carbocycles. The molecule has 3 nitrogen and oxygen atoms in total. The molecule has 0 N–H and O–H groups in total. The molecule has 0 saturated heterocycles. The number of ether oxygens (including phenoxy) is 1. The number of methoxy groups -OCH3 is 1. The SMILES string of the molecule is COc1ccc(C(=O)CS(=O)c2cccs2)cc1Cl. The lowest BCUT2D eigenvalue weighted by Crippen LogP contribution is -2.10. The molecular weight excluding hydrogens is 304 g/mol. The Morgan fingerprint density at radius 1 is 1.42 bits per heavy atom. The number of Topliss-reactive ketones (excluding diaryl/α,β-unsaturated/α-hetero) is 1. The van der Waals surface area contributed by atoms with Gasteiger partial charge in [0.2, 0.25) is 0 Å². The molecule has 0 aliphatic rings. The van der Waals surface area contributed by atoms with Crippen LogP contribution in [0.15, 0.2) is 39.9 Å². The van der Waals surface area contributed by atoms with Gasteiger partial charge >= 0.3 is 0 Å². The predicted molar refractivity (Wildman–Crippen MR) is 77.9 cm³/mol. The average Bonchev–Trinajstić information content (AvgIpc) is 2.92. The van der Waals surface area contributed by atoms with Crippen molar-refractivity contribution in [1.82, 2.24) is 0 Å². The van der Waals surface area contributed by atoms with Gasteiger partial charge in [0.1, 0.15) is 5.75 Å². The number of rotatable bonds is 5. The van der Waals surface area contributed by atoms with E-state index in [1.165, 1.54) is 24.5 Å². The summed E-state index contributed by atoms with van der Waals surface area (Å²) < 4.78 is 17.7. The van der Waals surface area contributed by atoms with E-state index in [9.17, 15) is 9.00 Å². The second kappa shape index (κ2) is 6.32. The van der Waals surface area contributed by atoms with Crippen LogP contribution >= 0.6 is 22.9 Å². The fourth-order valence-corrected chi connectivity index (χ4v) is 3.76. The van der Waals surface area contributed by atoms with Crippen molar-refractivity contribution in [2.24, 2.45) is 0 Å². The van der Waals surface area contributed by atoms with Crippen LogP contribution in [0.5, 0.6) is 5.75 Å².